The Morgan fingerprint density at radius 3 is 2.60 bits per heavy atom. The van der Waals surface area contributed by atoms with Crippen molar-refractivity contribution in [1.29, 1.82) is 0 Å². The number of benzene rings is 1. The lowest BCUT2D eigenvalue weighted by Gasteiger charge is -2.20. The van der Waals surface area contributed by atoms with Crippen LogP contribution in [0.25, 0.3) is 0 Å². The molecule has 0 radical (unpaired) electrons. The summed E-state index contributed by atoms with van der Waals surface area (Å²) >= 11 is 0. The lowest BCUT2D eigenvalue weighted by molar-refractivity contribution is -0.124. The smallest absolute Gasteiger partial charge is 0.258 e. The van der Waals surface area contributed by atoms with Crippen LogP contribution in [0.1, 0.15) is 26.3 Å². The van der Waals surface area contributed by atoms with Gasteiger partial charge in [-0.3, -0.25) is 4.79 Å². The number of nitrogens with one attached hydrogen (secondary N) is 1. The van der Waals surface area contributed by atoms with E-state index in [-0.39, 0.29) is 18.1 Å². The van der Waals surface area contributed by atoms with E-state index in [1.54, 1.807) is 7.11 Å². The number of allylic oxidation sites excluding steroid dienone is 1. The van der Waals surface area contributed by atoms with Crippen LogP contribution >= 0.6 is 0 Å². The Morgan fingerprint density at radius 1 is 1.35 bits per heavy atom. The Hall–Kier alpha value is -1.97. The van der Waals surface area contributed by atoms with Gasteiger partial charge in [0.05, 0.1) is 7.11 Å². The number of methoxy groups -OCH3 is 1. The van der Waals surface area contributed by atoms with E-state index >= 15 is 0 Å². The Bertz CT molecular complexity index is 475. The second-order valence-corrected chi connectivity index (χ2v) is 5.56. The first-order valence-corrected chi connectivity index (χ1v) is 6.57. The molecule has 20 heavy (non-hydrogen) atoms. The molecule has 0 unspecified atom stereocenters. The molecule has 1 aromatic rings. The summed E-state index contributed by atoms with van der Waals surface area (Å²) in [5.41, 5.74) is 0.821. The monoisotopic (exact) mass is 277 g/mol. The fraction of sp³-hybridized carbons (Fsp3) is 0.438. The molecule has 0 atom stereocenters. The molecule has 1 rings (SSSR count). The number of amides is 1. The average molecular weight is 277 g/mol. The first kappa shape index (κ1) is 16.1. The van der Waals surface area contributed by atoms with Crippen molar-refractivity contribution in [2.24, 2.45) is 0 Å². The molecule has 0 heterocycles. The molecule has 4 heteroatoms. The molecule has 0 aliphatic rings. The zero-order valence-electron chi connectivity index (χ0n) is 12.7. The predicted molar refractivity (Wildman–Crippen MR) is 80.3 cm³/mol. The molecular weight excluding hydrogens is 254 g/mol. The number of carbonyl (C=O) groups excluding carboxylic acids is 1. The Kier molecular flexibility index (Phi) is 5.62. The van der Waals surface area contributed by atoms with Gasteiger partial charge < -0.3 is 14.8 Å². The van der Waals surface area contributed by atoms with Crippen molar-refractivity contribution < 1.29 is 14.3 Å². The highest BCUT2D eigenvalue weighted by atomic mass is 16.5. The van der Waals surface area contributed by atoms with Gasteiger partial charge in [0.2, 0.25) is 0 Å². The summed E-state index contributed by atoms with van der Waals surface area (Å²) < 4.78 is 10.8. The zero-order chi connectivity index (χ0) is 15.2. The highest BCUT2D eigenvalue weighted by molar-refractivity contribution is 5.78. The third-order valence-electron chi connectivity index (χ3n) is 2.48. The third-order valence-corrected chi connectivity index (χ3v) is 2.48. The molecule has 0 aliphatic carbocycles. The van der Waals surface area contributed by atoms with Gasteiger partial charge in [0.1, 0.15) is 0 Å². The van der Waals surface area contributed by atoms with Crippen molar-refractivity contribution in [3.63, 3.8) is 0 Å². The van der Waals surface area contributed by atoms with Crippen LogP contribution in [0.3, 0.4) is 0 Å². The van der Waals surface area contributed by atoms with Crippen molar-refractivity contribution in [1.82, 2.24) is 5.32 Å². The maximum absolute atomic E-state index is 11.7. The first-order chi connectivity index (χ1) is 9.35. The standard InChI is InChI=1S/C16H23NO3/c1-6-7-12-8-9-13(14(10-12)19-5)20-11-15(18)17-16(2,3)4/h6,8-10H,1,7,11H2,2-5H3,(H,17,18). The number of hydrogen-bond acceptors (Lipinski definition) is 3. The summed E-state index contributed by atoms with van der Waals surface area (Å²) in [6, 6.07) is 5.63. The molecule has 0 saturated carbocycles. The van der Waals surface area contributed by atoms with Crippen LogP contribution in [0.4, 0.5) is 0 Å². The molecule has 1 aromatic carbocycles. The van der Waals surface area contributed by atoms with Gasteiger partial charge in [0.15, 0.2) is 18.1 Å². The molecule has 4 nitrogen and oxygen atoms in total. The minimum absolute atomic E-state index is 0.0333. The normalized spacial score (nSPS) is 10.8. The van der Waals surface area contributed by atoms with Crippen molar-refractivity contribution in [3.8, 4) is 11.5 Å². The van der Waals surface area contributed by atoms with E-state index in [1.165, 1.54) is 0 Å². The van der Waals surface area contributed by atoms with E-state index in [2.05, 4.69) is 11.9 Å². The van der Waals surface area contributed by atoms with E-state index in [1.807, 2.05) is 45.0 Å². The van der Waals surface area contributed by atoms with Crippen LogP contribution in [0.2, 0.25) is 0 Å². The van der Waals surface area contributed by atoms with E-state index in [0.29, 0.717) is 11.5 Å². The Morgan fingerprint density at radius 2 is 2.05 bits per heavy atom. The predicted octanol–water partition coefficient (Wildman–Crippen LogP) is 2.72. The van der Waals surface area contributed by atoms with Gasteiger partial charge in [0, 0.05) is 5.54 Å². The van der Waals surface area contributed by atoms with Crippen LogP contribution in [0.5, 0.6) is 11.5 Å². The lowest BCUT2D eigenvalue weighted by atomic mass is 10.1. The van der Waals surface area contributed by atoms with Gasteiger partial charge in [-0.15, -0.1) is 6.58 Å². The van der Waals surface area contributed by atoms with E-state index in [4.69, 9.17) is 9.47 Å². The lowest BCUT2D eigenvalue weighted by Crippen LogP contribution is -2.43. The SMILES string of the molecule is C=CCc1ccc(OCC(=O)NC(C)(C)C)c(OC)c1. The quantitative estimate of drug-likeness (QED) is 0.813. The molecule has 0 saturated heterocycles. The number of hydrogen-bond donors (Lipinski definition) is 1. The van der Waals surface area contributed by atoms with Crippen LogP contribution in [-0.4, -0.2) is 25.2 Å². The molecule has 1 N–H and O–H groups in total. The molecule has 0 fully saturated rings. The van der Waals surface area contributed by atoms with Crippen LogP contribution in [0, 0.1) is 0 Å². The van der Waals surface area contributed by atoms with Crippen LogP contribution < -0.4 is 14.8 Å². The van der Waals surface area contributed by atoms with Gasteiger partial charge in [0.25, 0.3) is 5.91 Å². The average Bonchev–Trinajstić information content (AvgIpc) is 2.35. The minimum atomic E-state index is -0.266. The molecule has 0 aromatic heterocycles. The van der Waals surface area contributed by atoms with Gasteiger partial charge in [-0.1, -0.05) is 12.1 Å². The maximum Gasteiger partial charge on any atom is 0.258 e. The van der Waals surface area contributed by atoms with Gasteiger partial charge >= 0.3 is 0 Å². The number of rotatable bonds is 6. The summed E-state index contributed by atoms with van der Waals surface area (Å²) in [7, 11) is 1.58. The fourth-order valence-corrected chi connectivity index (χ4v) is 1.72. The summed E-state index contributed by atoms with van der Waals surface area (Å²) in [6.45, 7) is 9.45. The first-order valence-electron chi connectivity index (χ1n) is 6.57. The third kappa shape index (κ3) is 5.34. The van der Waals surface area contributed by atoms with Crippen molar-refractivity contribution >= 4 is 5.91 Å². The molecule has 1 amide bonds. The zero-order valence-corrected chi connectivity index (χ0v) is 12.7. The summed E-state index contributed by atoms with van der Waals surface area (Å²) in [6.07, 6.45) is 2.59. The fourth-order valence-electron chi connectivity index (χ4n) is 1.72. The molecule has 0 spiro atoms. The maximum atomic E-state index is 11.7. The topological polar surface area (TPSA) is 47.6 Å². The van der Waals surface area contributed by atoms with Gasteiger partial charge in [-0.2, -0.15) is 0 Å². The Labute approximate surface area is 120 Å². The second kappa shape index (κ2) is 6.98. The van der Waals surface area contributed by atoms with Gasteiger partial charge in [-0.05, 0) is 44.9 Å². The summed E-state index contributed by atoms with van der Waals surface area (Å²) in [5.74, 6) is 1.02. The number of carbonyl (C=O) groups is 1. The molecule has 0 aliphatic heterocycles. The molecule has 110 valence electrons. The van der Waals surface area contributed by atoms with Crippen LogP contribution in [0.15, 0.2) is 30.9 Å². The summed E-state index contributed by atoms with van der Waals surface area (Å²) in [4.78, 5) is 11.7. The van der Waals surface area contributed by atoms with Gasteiger partial charge in [-0.25, -0.2) is 0 Å². The second-order valence-electron chi connectivity index (χ2n) is 5.56. The van der Waals surface area contributed by atoms with Crippen LogP contribution in [-0.2, 0) is 11.2 Å². The van der Waals surface area contributed by atoms with Crippen molar-refractivity contribution in [2.45, 2.75) is 32.7 Å². The van der Waals surface area contributed by atoms with E-state index in [0.717, 1.165) is 12.0 Å². The van der Waals surface area contributed by atoms with Crippen molar-refractivity contribution in [3.05, 3.63) is 36.4 Å². The molecular formula is C16H23NO3. The highest BCUT2D eigenvalue weighted by Crippen LogP contribution is 2.28. The Balaban J connectivity index is 2.68. The summed E-state index contributed by atoms with van der Waals surface area (Å²) in [5, 5.41) is 2.84. The molecule has 0 bridgehead atoms. The minimum Gasteiger partial charge on any atom is -0.493 e. The van der Waals surface area contributed by atoms with E-state index < -0.39 is 0 Å². The number of ether oxygens (including phenoxy) is 2. The highest BCUT2D eigenvalue weighted by Gasteiger charge is 2.15. The van der Waals surface area contributed by atoms with Crippen molar-refractivity contribution in [2.75, 3.05) is 13.7 Å². The largest absolute Gasteiger partial charge is 0.493 e. The van der Waals surface area contributed by atoms with E-state index in [9.17, 15) is 4.79 Å².